The Morgan fingerprint density at radius 2 is 1.88 bits per heavy atom. The predicted octanol–water partition coefficient (Wildman–Crippen LogP) is 3.91. The first-order chi connectivity index (χ1) is 20.0. The van der Waals surface area contributed by atoms with Crippen LogP contribution in [-0.4, -0.2) is 96.3 Å². The number of carbonyl (C=O) groups excluding carboxylic acids is 2. The van der Waals surface area contributed by atoms with Gasteiger partial charge in [-0.15, -0.1) is 0 Å². The molecule has 2 aromatic heterocycles. The molecule has 3 amide bonds. The van der Waals surface area contributed by atoms with Crippen LogP contribution in [0.1, 0.15) is 44.2 Å². The van der Waals surface area contributed by atoms with Gasteiger partial charge in [-0.05, 0) is 43.5 Å². The lowest BCUT2D eigenvalue weighted by Gasteiger charge is -2.32. The average molecular weight is 562 g/mol. The lowest BCUT2D eigenvalue weighted by atomic mass is 9.91. The van der Waals surface area contributed by atoms with Gasteiger partial charge in [0.15, 0.2) is 0 Å². The molecule has 3 aromatic rings. The van der Waals surface area contributed by atoms with Gasteiger partial charge < -0.3 is 29.5 Å². The first kappa shape index (κ1) is 28.5. The average Bonchev–Trinajstić information content (AvgIpc) is 3.01. The highest BCUT2D eigenvalue weighted by molar-refractivity contribution is 5.89. The van der Waals surface area contributed by atoms with E-state index >= 15 is 0 Å². The highest BCUT2D eigenvalue weighted by Gasteiger charge is 2.26. The van der Waals surface area contributed by atoms with E-state index in [2.05, 4.69) is 25.2 Å². The SMILES string of the molecule is CCCC(=O)N(C)CCOc1ccc2c(C3CCN(C(=O)Nc4ccc(N5CCOCC5)nc4)CC3)ncnc2c1. The molecule has 0 bridgehead atoms. The van der Waals surface area contributed by atoms with E-state index in [9.17, 15) is 9.59 Å². The molecule has 2 saturated heterocycles. The third-order valence-electron chi connectivity index (χ3n) is 7.73. The Balaban J connectivity index is 1.13. The summed E-state index contributed by atoms with van der Waals surface area (Å²) >= 11 is 0. The number of likely N-dealkylation sites (tertiary alicyclic amines) is 1. The van der Waals surface area contributed by atoms with E-state index < -0.39 is 0 Å². The van der Waals surface area contributed by atoms with Crippen LogP contribution in [0.2, 0.25) is 0 Å². The van der Waals surface area contributed by atoms with Gasteiger partial charge in [-0.3, -0.25) is 4.79 Å². The van der Waals surface area contributed by atoms with Crippen LogP contribution in [0.25, 0.3) is 10.9 Å². The molecule has 218 valence electrons. The van der Waals surface area contributed by atoms with E-state index in [0.29, 0.717) is 51.6 Å². The molecule has 4 heterocycles. The van der Waals surface area contributed by atoms with E-state index in [1.165, 1.54) is 0 Å². The highest BCUT2D eigenvalue weighted by atomic mass is 16.5. The van der Waals surface area contributed by atoms with Crippen LogP contribution in [0.5, 0.6) is 5.75 Å². The number of hydrogen-bond donors (Lipinski definition) is 1. The number of anilines is 2. The van der Waals surface area contributed by atoms with E-state index in [0.717, 1.165) is 60.5 Å². The van der Waals surface area contributed by atoms with E-state index in [1.54, 1.807) is 24.5 Å². The fourth-order valence-electron chi connectivity index (χ4n) is 5.30. The molecule has 2 aliphatic rings. The summed E-state index contributed by atoms with van der Waals surface area (Å²) in [6.45, 7) is 7.31. The van der Waals surface area contributed by atoms with Crippen LogP contribution in [0.4, 0.5) is 16.3 Å². The molecular weight excluding hydrogens is 522 g/mol. The van der Waals surface area contributed by atoms with Crippen molar-refractivity contribution in [1.82, 2.24) is 24.8 Å². The van der Waals surface area contributed by atoms with Gasteiger partial charge in [0.2, 0.25) is 5.91 Å². The van der Waals surface area contributed by atoms with Gasteiger partial charge in [0.05, 0.1) is 42.9 Å². The normalized spacial score (nSPS) is 16.0. The molecule has 2 aliphatic heterocycles. The summed E-state index contributed by atoms with van der Waals surface area (Å²) in [4.78, 5) is 44.3. The monoisotopic (exact) mass is 561 g/mol. The van der Waals surface area contributed by atoms with Crippen molar-refractivity contribution < 1.29 is 19.1 Å². The number of nitrogens with one attached hydrogen (secondary N) is 1. The van der Waals surface area contributed by atoms with Gasteiger partial charge >= 0.3 is 6.03 Å². The number of likely N-dealkylation sites (N-methyl/N-ethyl adjacent to an activating group) is 1. The fraction of sp³-hybridized carbons (Fsp3) is 0.500. The molecule has 0 saturated carbocycles. The molecule has 0 unspecified atom stereocenters. The summed E-state index contributed by atoms with van der Waals surface area (Å²) in [5.41, 5.74) is 2.53. The Hall–Kier alpha value is -3.99. The van der Waals surface area contributed by atoms with Crippen LogP contribution < -0.4 is 15.0 Å². The van der Waals surface area contributed by atoms with Gasteiger partial charge in [-0.2, -0.15) is 0 Å². The molecule has 0 radical (unpaired) electrons. The summed E-state index contributed by atoms with van der Waals surface area (Å²) in [6.07, 6.45) is 6.35. The number of rotatable bonds is 9. The van der Waals surface area contributed by atoms with Crippen LogP contribution in [0, 0.1) is 0 Å². The highest BCUT2D eigenvalue weighted by Crippen LogP contribution is 2.32. The largest absolute Gasteiger partial charge is 0.492 e. The van der Waals surface area contributed by atoms with Crippen LogP contribution in [0.15, 0.2) is 42.9 Å². The number of hydrogen-bond acceptors (Lipinski definition) is 8. The number of benzene rings is 1. The maximum atomic E-state index is 12.9. The predicted molar refractivity (Wildman–Crippen MR) is 157 cm³/mol. The topological polar surface area (TPSA) is 113 Å². The second-order valence-corrected chi connectivity index (χ2v) is 10.5. The first-order valence-corrected chi connectivity index (χ1v) is 14.5. The number of urea groups is 1. The number of pyridine rings is 1. The van der Waals surface area contributed by atoms with Crippen LogP contribution in [0.3, 0.4) is 0 Å². The Labute approximate surface area is 240 Å². The summed E-state index contributed by atoms with van der Waals surface area (Å²) < 4.78 is 11.3. The zero-order valence-corrected chi connectivity index (χ0v) is 23.9. The van der Waals surface area contributed by atoms with Crippen molar-refractivity contribution in [2.24, 2.45) is 0 Å². The molecule has 1 aromatic carbocycles. The van der Waals surface area contributed by atoms with Crippen LogP contribution >= 0.6 is 0 Å². The summed E-state index contributed by atoms with van der Waals surface area (Å²) in [6, 6.07) is 9.60. The number of ether oxygens (including phenoxy) is 2. The van der Waals surface area contributed by atoms with E-state index in [4.69, 9.17) is 9.47 Å². The molecule has 0 aliphatic carbocycles. The number of piperidine rings is 1. The van der Waals surface area contributed by atoms with Crippen molar-refractivity contribution in [3.05, 3.63) is 48.5 Å². The van der Waals surface area contributed by atoms with Crippen molar-refractivity contribution in [1.29, 1.82) is 0 Å². The maximum Gasteiger partial charge on any atom is 0.321 e. The second-order valence-electron chi connectivity index (χ2n) is 10.5. The smallest absolute Gasteiger partial charge is 0.321 e. The van der Waals surface area contributed by atoms with Gasteiger partial charge in [-0.1, -0.05) is 6.92 Å². The molecule has 11 nitrogen and oxygen atoms in total. The molecule has 5 rings (SSSR count). The third kappa shape index (κ3) is 7.21. The second kappa shape index (κ2) is 13.6. The number of nitrogens with zero attached hydrogens (tertiary/aromatic N) is 6. The number of morpholine rings is 1. The van der Waals surface area contributed by atoms with E-state index in [1.807, 2.05) is 42.2 Å². The first-order valence-electron chi connectivity index (χ1n) is 14.5. The Bertz CT molecular complexity index is 1320. The van der Waals surface area contributed by atoms with Crippen molar-refractivity contribution in [2.75, 3.05) is 69.8 Å². The maximum absolute atomic E-state index is 12.9. The van der Waals surface area contributed by atoms with Crippen LogP contribution in [-0.2, 0) is 9.53 Å². The molecular formula is C30H39N7O4. The molecule has 0 spiro atoms. The number of aromatic nitrogens is 3. The molecule has 1 N–H and O–H groups in total. The quantitative estimate of drug-likeness (QED) is 0.419. The third-order valence-corrected chi connectivity index (χ3v) is 7.73. The molecule has 0 atom stereocenters. The lowest BCUT2D eigenvalue weighted by molar-refractivity contribution is -0.130. The summed E-state index contributed by atoms with van der Waals surface area (Å²) in [5, 5.41) is 3.99. The molecule has 11 heteroatoms. The molecule has 2 fully saturated rings. The lowest BCUT2D eigenvalue weighted by Crippen LogP contribution is -2.40. The minimum absolute atomic E-state index is 0.110. The zero-order chi connectivity index (χ0) is 28.6. The summed E-state index contributed by atoms with van der Waals surface area (Å²) in [7, 11) is 1.80. The van der Waals surface area contributed by atoms with Gasteiger partial charge in [0, 0.05) is 57.0 Å². The van der Waals surface area contributed by atoms with E-state index in [-0.39, 0.29) is 17.9 Å². The minimum atomic E-state index is -0.110. The zero-order valence-electron chi connectivity index (χ0n) is 23.9. The van der Waals surface area contributed by atoms with Crippen molar-refractivity contribution in [3.8, 4) is 5.75 Å². The van der Waals surface area contributed by atoms with Crippen molar-refractivity contribution >= 4 is 34.3 Å². The minimum Gasteiger partial charge on any atom is -0.492 e. The van der Waals surface area contributed by atoms with Crippen molar-refractivity contribution in [2.45, 2.75) is 38.5 Å². The standard InChI is InChI=1S/C30H39N7O4/c1-3-4-28(38)35(2)13-18-41-24-6-7-25-26(19-24)32-21-33-29(25)22-9-11-37(12-10-22)30(39)34-23-5-8-27(31-20-23)36-14-16-40-17-15-36/h5-8,19-22H,3-4,9-18H2,1-2H3,(H,34,39). The van der Waals surface area contributed by atoms with Gasteiger partial charge in [0.25, 0.3) is 0 Å². The summed E-state index contributed by atoms with van der Waals surface area (Å²) in [5.74, 6) is 1.99. The molecule has 41 heavy (non-hydrogen) atoms. The van der Waals surface area contributed by atoms with Gasteiger partial charge in [-0.25, -0.2) is 19.7 Å². The number of fused-ring (bicyclic) bond motifs is 1. The Morgan fingerprint density at radius 1 is 1.07 bits per heavy atom. The number of carbonyl (C=O) groups is 2. The Kier molecular flexibility index (Phi) is 9.45. The van der Waals surface area contributed by atoms with Crippen molar-refractivity contribution in [3.63, 3.8) is 0 Å². The number of amides is 3. The fourth-order valence-corrected chi connectivity index (χ4v) is 5.30. The van der Waals surface area contributed by atoms with Gasteiger partial charge in [0.1, 0.15) is 24.5 Å². The Morgan fingerprint density at radius 3 is 2.61 bits per heavy atom.